The number of carboxylic acid groups (broad SMARTS) is 1. The number of aliphatic hydroxyl groups is 2. The number of hydrogen-bond acceptors (Lipinski definition) is 7. The molecule has 12 nitrogen and oxygen atoms in total. The number of nitrogens with one attached hydrogen (secondary N) is 2. The molecule has 0 radical (unpaired) electrons. The maximum absolute atomic E-state index is 10.6. The second-order valence-electron chi connectivity index (χ2n) is 4.47. The van der Waals surface area contributed by atoms with Gasteiger partial charge in [0, 0.05) is 0 Å². The van der Waals surface area contributed by atoms with Crippen molar-refractivity contribution in [3.63, 3.8) is 0 Å². The van der Waals surface area contributed by atoms with E-state index in [9.17, 15) is 19.6 Å². The lowest BCUT2D eigenvalue weighted by atomic mass is 10.1. The van der Waals surface area contributed by atoms with E-state index in [4.69, 9.17) is 19.6 Å². The van der Waals surface area contributed by atoms with E-state index in [1.807, 2.05) is 5.32 Å². The summed E-state index contributed by atoms with van der Waals surface area (Å²) in [5, 5.41) is 30.2. The lowest BCUT2D eigenvalue weighted by Crippen LogP contribution is -2.33. The van der Waals surface area contributed by atoms with E-state index in [0.29, 0.717) is 0 Å². The number of imidazole rings is 1. The molecule has 1 amide bonds. The Morgan fingerprint density at radius 2 is 2.14 bits per heavy atom. The zero-order valence-electron chi connectivity index (χ0n) is 10.9. The SMILES string of the molecule is O=C(O)Nc1cnc(C2O[C@H](COP(=O)(O)O)[C@@H](O)[C@H]2O)[nH]1. The molecule has 1 aromatic heterocycles. The van der Waals surface area contributed by atoms with Gasteiger partial charge in [0.05, 0.1) is 12.8 Å². The number of amides is 1. The molecule has 1 aromatic rings. The Bertz CT molecular complexity index is 587. The van der Waals surface area contributed by atoms with Crippen molar-refractivity contribution >= 4 is 19.7 Å². The summed E-state index contributed by atoms with van der Waals surface area (Å²) in [7, 11) is -4.74. The van der Waals surface area contributed by atoms with Crippen molar-refractivity contribution < 1.29 is 43.7 Å². The van der Waals surface area contributed by atoms with Crippen LogP contribution in [0.5, 0.6) is 0 Å². The summed E-state index contributed by atoms with van der Waals surface area (Å²) in [6, 6.07) is 0. The molecule has 0 aliphatic carbocycles. The Labute approximate surface area is 123 Å². The Morgan fingerprint density at radius 1 is 1.45 bits per heavy atom. The minimum atomic E-state index is -4.74. The van der Waals surface area contributed by atoms with Gasteiger partial charge in [-0.1, -0.05) is 0 Å². The predicted molar refractivity (Wildman–Crippen MR) is 67.9 cm³/mol. The third-order valence-electron chi connectivity index (χ3n) is 2.88. The average molecular weight is 339 g/mol. The Hall–Kier alpha value is -1.53. The molecule has 1 aliphatic rings. The summed E-state index contributed by atoms with van der Waals surface area (Å²) in [5.41, 5.74) is 0. The number of aliphatic hydroxyl groups excluding tert-OH is 2. The minimum absolute atomic E-state index is 0.0303. The summed E-state index contributed by atoms with van der Waals surface area (Å²) in [6.45, 7) is -0.639. The minimum Gasteiger partial charge on any atom is -0.465 e. The molecule has 13 heteroatoms. The van der Waals surface area contributed by atoms with Gasteiger partial charge in [0.2, 0.25) is 0 Å². The van der Waals surface area contributed by atoms with Gasteiger partial charge in [-0.15, -0.1) is 0 Å². The highest BCUT2D eigenvalue weighted by Crippen LogP contribution is 2.39. The van der Waals surface area contributed by atoms with Crippen LogP contribution in [0.25, 0.3) is 0 Å². The first-order valence-electron chi connectivity index (χ1n) is 5.94. The van der Waals surface area contributed by atoms with Gasteiger partial charge in [-0.2, -0.15) is 0 Å². The van der Waals surface area contributed by atoms with Crippen molar-refractivity contribution in [2.45, 2.75) is 24.4 Å². The fraction of sp³-hybridized carbons (Fsp3) is 0.556. The first-order chi connectivity index (χ1) is 10.2. The monoisotopic (exact) mass is 339 g/mol. The molecular formula is C9H14N3O9P. The fourth-order valence-electron chi connectivity index (χ4n) is 1.94. The maximum Gasteiger partial charge on any atom is 0.469 e. The zero-order valence-corrected chi connectivity index (χ0v) is 11.8. The molecule has 0 bridgehead atoms. The quantitative estimate of drug-likeness (QED) is 0.319. The Kier molecular flexibility index (Phi) is 4.82. The smallest absolute Gasteiger partial charge is 0.465 e. The summed E-state index contributed by atoms with van der Waals surface area (Å²) in [4.78, 5) is 34.0. The van der Waals surface area contributed by atoms with Gasteiger partial charge in [0.1, 0.15) is 36.1 Å². The first-order valence-corrected chi connectivity index (χ1v) is 7.47. The van der Waals surface area contributed by atoms with Gasteiger partial charge in [-0.05, 0) is 0 Å². The number of phosphoric ester groups is 1. The lowest BCUT2D eigenvalue weighted by Gasteiger charge is -2.14. The van der Waals surface area contributed by atoms with Gasteiger partial charge in [-0.25, -0.2) is 14.3 Å². The van der Waals surface area contributed by atoms with Crippen molar-refractivity contribution in [1.82, 2.24) is 9.97 Å². The molecule has 1 saturated heterocycles. The van der Waals surface area contributed by atoms with Crippen LogP contribution in [0.4, 0.5) is 10.6 Å². The summed E-state index contributed by atoms with van der Waals surface area (Å²) in [5.74, 6) is 0.0664. The van der Waals surface area contributed by atoms with E-state index in [1.54, 1.807) is 0 Å². The van der Waals surface area contributed by atoms with E-state index in [1.165, 1.54) is 0 Å². The highest BCUT2D eigenvalue weighted by Gasteiger charge is 2.45. The van der Waals surface area contributed by atoms with Crippen LogP contribution in [0.15, 0.2) is 6.20 Å². The topological polar surface area (TPSA) is 194 Å². The second-order valence-corrected chi connectivity index (χ2v) is 5.71. The van der Waals surface area contributed by atoms with E-state index < -0.39 is 44.9 Å². The molecule has 7 N–H and O–H groups in total. The number of rotatable bonds is 5. The van der Waals surface area contributed by atoms with Crippen molar-refractivity contribution in [2.24, 2.45) is 0 Å². The second kappa shape index (κ2) is 6.30. The molecule has 1 unspecified atom stereocenters. The molecule has 4 atom stereocenters. The Balaban J connectivity index is 2.04. The molecule has 0 aromatic carbocycles. The van der Waals surface area contributed by atoms with Crippen molar-refractivity contribution in [3.05, 3.63) is 12.0 Å². The number of carbonyl (C=O) groups is 1. The number of anilines is 1. The third-order valence-corrected chi connectivity index (χ3v) is 3.36. The molecule has 22 heavy (non-hydrogen) atoms. The highest BCUT2D eigenvalue weighted by atomic mass is 31.2. The summed E-state index contributed by atoms with van der Waals surface area (Å²) in [6.07, 6.45) is -5.40. The molecule has 124 valence electrons. The molecule has 2 rings (SSSR count). The number of hydrogen-bond donors (Lipinski definition) is 7. The first kappa shape index (κ1) is 16.8. The predicted octanol–water partition coefficient (Wildman–Crippen LogP) is -1.23. The number of phosphoric acid groups is 1. The number of aromatic amines is 1. The van der Waals surface area contributed by atoms with Crippen LogP contribution in [-0.2, 0) is 13.8 Å². The molecular weight excluding hydrogens is 325 g/mol. The number of nitrogens with zero attached hydrogens (tertiary/aromatic N) is 1. The van der Waals surface area contributed by atoms with Gasteiger partial charge >= 0.3 is 13.9 Å². The molecule has 1 fully saturated rings. The number of aromatic nitrogens is 2. The van der Waals surface area contributed by atoms with Gasteiger partial charge in [0.15, 0.2) is 0 Å². The van der Waals surface area contributed by atoms with Gasteiger partial charge in [-0.3, -0.25) is 9.84 Å². The third kappa shape index (κ3) is 4.01. The summed E-state index contributed by atoms with van der Waals surface area (Å²) < 4.78 is 20.1. The Morgan fingerprint density at radius 3 is 2.73 bits per heavy atom. The van der Waals surface area contributed by atoms with E-state index in [0.717, 1.165) is 6.20 Å². The van der Waals surface area contributed by atoms with Gasteiger partial charge < -0.3 is 34.8 Å². The highest BCUT2D eigenvalue weighted by molar-refractivity contribution is 7.46. The zero-order chi connectivity index (χ0) is 16.5. The standard InChI is InChI=1S/C9H14N3O9P/c13-5-3(2-20-22(17,18)19)21-7(6(5)14)8-10-1-4(11-8)12-9(15)16/h1,3,5-7,12-14H,2H2,(H,10,11)(H,15,16)(H2,17,18,19)/t3-,5-,6-,7?/m1/s1. The van der Waals surface area contributed by atoms with Crippen molar-refractivity contribution in [3.8, 4) is 0 Å². The van der Waals surface area contributed by atoms with Crippen LogP contribution in [0.3, 0.4) is 0 Å². The van der Waals surface area contributed by atoms with Crippen LogP contribution in [0.1, 0.15) is 11.9 Å². The van der Waals surface area contributed by atoms with E-state index >= 15 is 0 Å². The molecule has 0 saturated carbocycles. The van der Waals surface area contributed by atoms with Crippen LogP contribution in [0.2, 0.25) is 0 Å². The molecule has 0 spiro atoms. The number of ether oxygens (including phenoxy) is 1. The lowest BCUT2D eigenvalue weighted by molar-refractivity contribution is -0.0245. The maximum atomic E-state index is 10.6. The van der Waals surface area contributed by atoms with Crippen LogP contribution >= 0.6 is 7.82 Å². The van der Waals surface area contributed by atoms with Crippen LogP contribution in [-0.4, -0.2) is 66.1 Å². The van der Waals surface area contributed by atoms with E-state index in [-0.39, 0.29) is 11.6 Å². The molecule has 2 heterocycles. The van der Waals surface area contributed by atoms with Crippen LogP contribution < -0.4 is 5.32 Å². The number of H-pyrrole nitrogens is 1. The molecule has 1 aliphatic heterocycles. The normalized spacial score (nSPS) is 28.7. The van der Waals surface area contributed by atoms with Gasteiger partial charge in [0.25, 0.3) is 0 Å². The van der Waals surface area contributed by atoms with Crippen molar-refractivity contribution in [1.29, 1.82) is 0 Å². The largest absolute Gasteiger partial charge is 0.469 e. The van der Waals surface area contributed by atoms with Crippen LogP contribution in [0, 0.1) is 0 Å². The summed E-state index contributed by atoms with van der Waals surface area (Å²) >= 11 is 0. The fourth-order valence-corrected chi connectivity index (χ4v) is 2.28. The van der Waals surface area contributed by atoms with Crippen molar-refractivity contribution in [2.75, 3.05) is 11.9 Å². The average Bonchev–Trinajstić information content (AvgIpc) is 2.93. The van der Waals surface area contributed by atoms with E-state index in [2.05, 4.69) is 14.5 Å².